The smallest absolute Gasteiger partial charge is 0.0971 e. The van der Waals surface area contributed by atoms with Crippen LogP contribution in [-0.2, 0) is 6.54 Å². The standard InChI is InChI=1S/C17H21Cl2N5.ClH/c18-13-1-2-16(15(19)9-13)24-11-14(21-22-24)10-23-8-5-17(12-23)3-6-20-7-4-17;/h1-2,9,11,20H,3-8,10,12H2;1H. The minimum absolute atomic E-state index is 0. The summed E-state index contributed by atoms with van der Waals surface area (Å²) in [5.41, 5.74) is 2.30. The molecule has 1 aromatic carbocycles. The normalized spacial score (nSPS) is 19.9. The Morgan fingerprint density at radius 2 is 1.96 bits per heavy atom. The Kier molecular flexibility index (Phi) is 5.91. The summed E-state index contributed by atoms with van der Waals surface area (Å²) >= 11 is 12.2. The highest BCUT2D eigenvalue weighted by molar-refractivity contribution is 6.35. The number of hydrogen-bond donors (Lipinski definition) is 1. The molecule has 2 fully saturated rings. The SMILES string of the molecule is Cl.Clc1ccc(-n2cc(CN3CCC4(CCNCC4)C3)nn2)c(Cl)c1. The molecule has 2 aliphatic heterocycles. The lowest BCUT2D eigenvalue weighted by molar-refractivity contribution is 0.193. The summed E-state index contributed by atoms with van der Waals surface area (Å²) in [6, 6.07) is 5.40. The predicted molar refractivity (Wildman–Crippen MR) is 103 cm³/mol. The number of hydrogen-bond acceptors (Lipinski definition) is 4. The number of halogens is 3. The van der Waals surface area contributed by atoms with E-state index in [2.05, 4.69) is 20.5 Å². The minimum Gasteiger partial charge on any atom is -0.317 e. The Morgan fingerprint density at radius 1 is 1.16 bits per heavy atom. The first kappa shape index (κ1) is 18.9. The summed E-state index contributed by atoms with van der Waals surface area (Å²) in [6.45, 7) is 5.47. The second-order valence-corrected chi connectivity index (χ2v) is 7.80. The Hall–Kier alpha value is -0.850. The fraction of sp³-hybridized carbons (Fsp3) is 0.529. The van der Waals surface area contributed by atoms with Gasteiger partial charge in [0.2, 0.25) is 0 Å². The topological polar surface area (TPSA) is 46.0 Å². The number of rotatable bonds is 3. The van der Waals surface area contributed by atoms with Crippen LogP contribution in [0.25, 0.3) is 5.69 Å². The van der Waals surface area contributed by atoms with Crippen LogP contribution in [0.4, 0.5) is 0 Å². The van der Waals surface area contributed by atoms with Crippen LogP contribution in [0.15, 0.2) is 24.4 Å². The molecule has 1 spiro atoms. The van der Waals surface area contributed by atoms with Crippen molar-refractivity contribution in [2.24, 2.45) is 5.41 Å². The molecule has 1 aromatic heterocycles. The van der Waals surface area contributed by atoms with E-state index in [-0.39, 0.29) is 12.4 Å². The van der Waals surface area contributed by atoms with E-state index in [1.54, 1.807) is 10.7 Å². The first-order valence-corrected chi connectivity index (χ1v) is 9.19. The summed E-state index contributed by atoms with van der Waals surface area (Å²) in [6.07, 6.45) is 5.83. The first-order valence-electron chi connectivity index (χ1n) is 8.43. The van der Waals surface area contributed by atoms with Crippen molar-refractivity contribution in [3.8, 4) is 5.69 Å². The van der Waals surface area contributed by atoms with Gasteiger partial charge in [0.15, 0.2) is 0 Å². The molecule has 4 rings (SSSR count). The first-order chi connectivity index (χ1) is 11.6. The average Bonchev–Trinajstić information content (AvgIpc) is 3.16. The van der Waals surface area contributed by atoms with Crippen molar-refractivity contribution >= 4 is 35.6 Å². The van der Waals surface area contributed by atoms with Crippen molar-refractivity contribution in [3.63, 3.8) is 0 Å². The van der Waals surface area contributed by atoms with Gasteiger partial charge < -0.3 is 5.32 Å². The quantitative estimate of drug-likeness (QED) is 0.852. The molecule has 1 N–H and O–H groups in total. The maximum Gasteiger partial charge on any atom is 0.0971 e. The van der Waals surface area contributed by atoms with E-state index in [0.29, 0.717) is 15.5 Å². The zero-order chi connectivity index (χ0) is 16.6. The Morgan fingerprint density at radius 3 is 2.72 bits per heavy atom. The summed E-state index contributed by atoms with van der Waals surface area (Å²) in [4.78, 5) is 2.50. The van der Waals surface area contributed by atoms with Gasteiger partial charge in [-0.1, -0.05) is 28.4 Å². The molecule has 0 aliphatic carbocycles. The molecule has 8 heteroatoms. The highest BCUT2D eigenvalue weighted by atomic mass is 35.5. The molecule has 0 saturated carbocycles. The highest BCUT2D eigenvalue weighted by Crippen LogP contribution is 2.38. The Bertz CT molecular complexity index is 727. The zero-order valence-electron chi connectivity index (χ0n) is 13.9. The van der Waals surface area contributed by atoms with Crippen LogP contribution >= 0.6 is 35.6 Å². The van der Waals surface area contributed by atoms with E-state index in [1.807, 2.05) is 18.3 Å². The zero-order valence-corrected chi connectivity index (χ0v) is 16.2. The van der Waals surface area contributed by atoms with E-state index >= 15 is 0 Å². The number of benzene rings is 1. The van der Waals surface area contributed by atoms with E-state index in [0.717, 1.165) is 37.6 Å². The molecule has 2 aromatic rings. The van der Waals surface area contributed by atoms with Crippen LogP contribution in [-0.4, -0.2) is 46.1 Å². The number of nitrogens with zero attached hydrogens (tertiary/aromatic N) is 4. The van der Waals surface area contributed by atoms with Crippen molar-refractivity contribution in [2.75, 3.05) is 26.2 Å². The molecular weight excluding hydrogens is 381 g/mol. The van der Waals surface area contributed by atoms with E-state index in [9.17, 15) is 0 Å². The van der Waals surface area contributed by atoms with Crippen LogP contribution in [0.1, 0.15) is 25.0 Å². The van der Waals surface area contributed by atoms with E-state index in [1.165, 1.54) is 25.8 Å². The third kappa shape index (κ3) is 4.12. The molecular formula is C17H22Cl3N5. The number of aromatic nitrogens is 3. The molecule has 0 unspecified atom stereocenters. The molecule has 25 heavy (non-hydrogen) atoms. The molecule has 0 bridgehead atoms. The van der Waals surface area contributed by atoms with Gasteiger partial charge in [0.05, 0.1) is 22.6 Å². The van der Waals surface area contributed by atoms with Gasteiger partial charge in [0, 0.05) is 18.1 Å². The van der Waals surface area contributed by atoms with Crippen molar-refractivity contribution in [3.05, 3.63) is 40.1 Å². The fourth-order valence-corrected chi connectivity index (χ4v) is 4.41. The van der Waals surface area contributed by atoms with Gasteiger partial charge in [0.1, 0.15) is 0 Å². The van der Waals surface area contributed by atoms with Crippen LogP contribution in [0.3, 0.4) is 0 Å². The molecule has 136 valence electrons. The fourth-order valence-electron chi connectivity index (χ4n) is 3.91. The van der Waals surface area contributed by atoms with Gasteiger partial charge in [0.25, 0.3) is 0 Å². The molecule has 0 amide bonds. The second kappa shape index (κ2) is 7.80. The van der Waals surface area contributed by atoms with Crippen molar-refractivity contribution in [1.82, 2.24) is 25.2 Å². The monoisotopic (exact) mass is 401 g/mol. The molecule has 0 radical (unpaired) electrons. The number of likely N-dealkylation sites (tertiary alicyclic amines) is 1. The number of nitrogens with one attached hydrogen (secondary N) is 1. The van der Waals surface area contributed by atoms with Crippen molar-refractivity contribution < 1.29 is 0 Å². The van der Waals surface area contributed by atoms with Gasteiger partial charge in [-0.25, -0.2) is 4.68 Å². The van der Waals surface area contributed by atoms with E-state index < -0.39 is 0 Å². The summed E-state index contributed by atoms with van der Waals surface area (Å²) in [5, 5.41) is 13.2. The molecule has 3 heterocycles. The van der Waals surface area contributed by atoms with Gasteiger partial charge in [-0.15, -0.1) is 17.5 Å². The largest absolute Gasteiger partial charge is 0.317 e. The predicted octanol–water partition coefficient (Wildman–Crippen LogP) is 3.57. The summed E-state index contributed by atoms with van der Waals surface area (Å²) < 4.78 is 1.73. The van der Waals surface area contributed by atoms with Crippen molar-refractivity contribution in [2.45, 2.75) is 25.8 Å². The van der Waals surface area contributed by atoms with Gasteiger partial charge in [-0.05, 0) is 62.5 Å². The average molecular weight is 403 g/mol. The Labute approximate surface area is 164 Å². The molecule has 5 nitrogen and oxygen atoms in total. The molecule has 0 atom stereocenters. The lowest BCUT2D eigenvalue weighted by Gasteiger charge is -2.33. The van der Waals surface area contributed by atoms with E-state index in [4.69, 9.17) is 23.2 Å². The van der Waals surface area contributed by atoms with Crippen LogP contribution in [0.2, 0.25) is 10.0 Å². The van der Waals surface area contributed by atoms with Gasteiger partial charge >= 0.3 is 0 Å². The maximum absolute atomic E-state index is 6.25. The van der Waals surface area contributed by atoms with Gasteiger partial charge in [-0.3, -0.25) is 4.90 Å². The third-order valence-corrected chi connectivity index (χ3v) is 5.80. The minimum atomic E-state index is 0. The third-order valence-electron chi connectivity index (χ3n) is 5.26. The second-order valence-electron chi connectivity index (χ2n) is 6.96. The maximum atomic E-state index is 6.25. The summed E-state index contributed by atoms with van der Waals surface area (Å²) in [5.74, 6) is 0. The van der Waals surface area contributed by atoms with Crippen LogP contribution in [0, 0.1) is 5.41 Å². The lowest BCUT2D eigenvalue weighted by atomic mass is 9.78. The summed E-state index contributed by atoms with van der Waals surface area (Å²) in [7, 11) is 0. The van der Waals surface area contributed by atoms with Gasteiger partial charge in [-0.2, -0.15) is 0 Å². The van der Waals surface area contributed by atoms with Crippen LogP contribution < -0.4 is 5.32 Å². The Balaban J connectivity index is 0.00000182. The van der Waals surface area contributed by atoms with Crippen LogP contribution in [0.5, 0.6) is 0 Å². The molecule has 2 aliphatic rings. The molecule has 2 saturated heterocycles. The lowest BCUT2D eigenvalue weighted by Crippen LogP contribution is -2.38. The number of piperidine rings is 1. The highest BCUT2D eigenvalue weighted by Gasteiger charge is 2.38. The van der Waals surface area contributed by atoms with Crippen molar-refractivity contribution in [1.29, 1.82) is 0 Å².